The molecule has 0 saturated carbocycles. The lowest BCUT2D eigenvalue weighted by Crippen LogP contribution is -2.11. The molecular formula is C30H46. The van der Waals surface area contributed by atoms with E-state index in [1.165, 1.54) is 46.3 Å². The van der Waals surface area contributed by atoms with E-state index in [1.807, 2.05) is 13.8 Å². The van der Waals surface area contributed by atoms with Gasteiger partial charge in [-0.25, -0.2) is 0 Å². The van der Waals surface area contributed by atoms with Gasteiger partial charge in [0.2, 0.25) is 0 Å². The average Bonchev–Trinajstić information content (AvgIpc) is 2.78. The lowest BCUT2D eigenvalue weighted by atomic mass is 9.77. The second kappa shape index (κ2) is 16.7. The van der Waals surface area contributed by atoms with Crippen molar-refractivity contribution in [1.29, 1.82) is 0 Å². The summed E-state index contributed by atoms with van der Waals surface area (Å²) in [5, 5.41) is 0. The Morgan fingerprint density at radius 3 is 2.23 bits per heavy atom. The standard InChI is InChI=1S/C24H30.C4H10.C2H6/c1-6-8-9-14-22-16-18(3)19(4)17-24(22)20(5)23-15-11-10-13-21(23)12-7-2;1-3-4-2;1-2/h7-13,15,17,22H,5-6,14,16H2,1-4H3;3-4H2,1-2H3;1-2H3/b9-8?,12-7-;;. The van der Waals surface area contributed by atoms with Crippen LogP contribution in [0.3, 0.4) is 0 Å². The first-order chi connectivity index (χ1) is 14.5. The van der Waals surface area contributed by atoms with Gasteiger partial charge in [0.25, 0.3) is 0 Å². The second-order valence-electron chi connectivity index (χ2n) is 7.65. The van der Waals surface area contributed by atoms with Gasteiger partial charge in [-0.3, -0.25) is 0 Å². The molecule has 1 aliphatic carbocycles. The average molecular weight is 407 g/mol. The minimum atomic E-state index is 0.530. The summed E-state index contributed by atoms with van der Waals surface area (Å²) in [5.74, 6) is 0.530. The lowest BCUT2D eigenvalue weighted by molar-refractivity contribution is 0.618. The Labute approximate surface area is 188 Å². The Kier molecular flexibility index (Phi) is 15.5. The molecule has 0 saturated heterocycles. The highest BCUT2D eigenvalue weighted by Crippen LogP contribution is 2.39. The summed E-state index contributed by atoms with van der Waals surface area (Å²) in [4.78, 5) is 0. The number of hydrogen-bond acceptors (Lipinski definition) is 0. The lowest BCUT2D eigenvalue weighted by Gasteiger charge is -2.27. The van der Waals surface area contributed by atoms with Crippen molar-refractivity contribution in [3.05, 3.63) is 83.0 Å². The number of allylic oxidation sites excluding steroid dienone is 8. The van der Waals surface area contributed by atoms with Crippen LogP contribution in [0, 0.1) is 5.92 Å². The maximum atomic E-state index is 4.48. The van der Waals surface area contributed by atoms with E-state index in [0.29, 0.717) is 5.92 Å². The van der Waals surface area contributed by atoms with Crippen LogP contribution in [-0.4, -0.2) is 0 Å². The largest absolute Gasteiger partial charge is 0.0908 e. The number of hydrogen-bond donors (Lipinski definition) is 0. The third-order valence-corrected chi connectivity index (χ3v) is 5.34. The van der Waals surface area contributed by atoms with Gasteiger partial charge in [-0.1, -0.05) is 120 Å². The van der Waals surface area contributed by atoms with Gasteiger partial charge < -0.3 is 0 Å². The van der Waals surface area contributed by atoms with Crippen LogP contribution in [-0.2, 0) is 0 Å². The van der Waals surface area contributed by atoms with E-state index in [4.69, 9.17) is 0 Å². The van der Waals surface area contributed by atoms with E-state index < -0.39 is 0 Å². The fraction of sp³-hybridized carbons (Fsp3) is 0.467. The highest BCUT2D eigenvalue weighted by Gasteiger charge is 2.22. The van der Waals surface area contributed by atoms with Crippen molar-refractivity contribution in [1.82, 2.24) is 0 Å². The normalized spacial score (nSPS) is 16.0. The smallest absolute Gasteiger partial charge is 0.00840 e. The predicted octanol–water partition coefficient (Wildman–Crippen LogP) is 10.2. The summed E-state index contributed by atoms with van der Waals surface area (Å²) in [6.45, 7) is 21.6. The Morgan fingerprint density at radius 2 is 1.67 bits per heavy atom. The summed E-state index contributed by atoms with van der Waals surface area (Å²) in [6.07, 6.45) is 17.2. The molecule has 0 aliphatic heterocycles. The van der Waals surface area contributed by atoms with E-state index in [1.54, 1.807) is 0 Å². The number of benzene rings is 1. The fourth-order valence-electron chi connectivity index (χ4n) is 3.34. The third kappa shape index (κ3) is 9.16. The topological polar surface area (TPSA) is 0 Å². The van der Waals surface area contributed by atoms with Gasteiger partial charge in [0.05, 0.1) is 0 Å². The van der Waals surface area contributed by atoms with E-state index in [0.717, 1.165) is 19.3 Å². The van der Waals surface area contributed by atoms with Gasteiger partial charge in [0, 0.05) is 0 Å². The molecule has 0 nitrogen and oxygen atoms in total. The second-order valence-corrected chi connectivity index (χ2v) is 7.65. The molecule has 0 spiro atoms. The summed E-state index contributed by atoms with van der Waals surface area (Å²) in [5.41, 5.74) is 7.96. The van der Waals surface area contributed by atoms with Crippen LogP contribution in [0.4, 0.5) is 0 Å². The van der Waals surface area contributed by atoms with Crippen LogP contribution in [0.5, 0.6) is 0 Å². The Morgan fingerprint density at radius 1 is 1.03 bits per heavy atom. The molecule has 166 valence electrons. The van der Waals surface area contributed by atoms with Crippen LogP contribution >= 0.6 is 0 Å². The minimum absolute atomic E-state index is 0.530. The molecule has 0 amide bonds. The van der Waals surface area contributed by atoms with Crippen molar-refractivity contribution in [2.45, 2.75) is 87.5 Å². The maximum Gasteiger partial charge on any atom is -0.00840 e. The van der Waals surface area contributed by atoms with Gasteiger partial charge in [-0.2, -0.15) is 0 Å². The van der Waals surface area contributed by atoms with E-state index in [-0.39, 0.29) is 0 Å². The van der Waals surface area contributed by atoms with Gasteiger partial charge in [-0.05, 0) is 68.2 Å². The quantitative estimate of drug-likeness (QED) is 0.395. The predicted molar refractivity (Wildman–Crippen MR) is 141 cm³/mol. The van der Waals surface area contributed by atoms with Crippen molar-refractivity contribution in [2.75, 3.05) is 0 Å². The SMILES string of the molecule is C=C(C1=CC(C)=C(C)CC1CC=CCC)c1ccccc1/C=C\C.CC.CCCC. The Hall–Kier alpha value is -2.08. The van der Waals surface area contributed by atoms with E-state index >= 15 is 0 Å². The fourth-order valence-corrected chi connectivity index (χ4v) is 3.34. The molecule has 30 heavy (non-hydrogen) atoms. The van der Waals surface area contributed by atoms with Crippen LogP contribution in [0.1, 0.15) is 98.6 Å². The first kappa shape index (κ1) is 27.9. The molecule has 0 fully saturated rings. The van der Waals surface area contributed by atoms with Gasteiger partial charge in [0.1, 0.15) is 0 Å². The summed E-state index contributed by atoms with van der Waals surface area (Å²) < 4.78 is 0. The molecule has 0 aromatic heterocycles. The van der Waals surface area contributed by atoms with Crippen molar-refractivity contribution in [3.63, 3.8) is 0 Å². The zero-order valence-electron chi connectivity index (χ0n) is 21.0. The molecule has 1 atom stereocenters. The van der Waals surface area contributed by atoms with Gasteiger partial charge >= 0.3 is 0 Å². The first-order valence-electron chi connectivity index (χ1n) is 11.9. The van der Waals surface area contributed by atoms with Gasteiger partial charge in [-0.15, -0.1) is 0 Å². The molecule has 0 radical (unpaired) electrons. The van der Waals surface area contributed by atoms with Crippen molar-refractivity contribution >= 4 is 11.6 Å². The number of unbranched alkanes of at least 4 members (excludes halogenated alkanes) is 1. The van der Waals surface area contributed by atoms with Gasteiger partial charge in [0.15, 0.2) is 0 Å². The summed E-state index contributed by atoms with van der Waals surface area (Å²) >= 11 is 0. The molecule has 0 heterocycles. The summed E-state index contributed by atoms with van der Waals surface area (Å²) in [7, 11) is 0. The maximum absolute atomic E-state index is 4.48. The van der Waals surface area contributed by atoms with Crippen LogP contribution < -0.4 is 0 Å². The highest BCUT2D eigenvalue weighted by molar-refractivity contribution is 5.83. The van der Waals surface area contributed by atoms with Crippen molar-refractivity contribution in [3.8, 4) is 0 Å². The Balaban J connectivity index is 0.00000125. The van der Waals surface area contributed by atoms with Crippen molar-refractivity contribution < 1.29 is 0 Å². The van der Waals surface area contributed by atoms with Crippen LogP contribution in [0.2, 0.25) is 0 Å². The zero-order valence-corrected chi connectivity index (χ0v) is 21.0. The van der Waals surface area contributed by atoms with Crippen molar-refractivity contribution in [2.24, 2.45) is 5.92 Å². The molecule has 1 aromatic rings. The molecular weight excluding hydrogens is 360 g/mol. The molecule has 2 rings (SSSR count). The first-order valence-corrected chi connectivity index (χ1v) is 11.9. The van der Waals surface area contributed by atoms with E-state index in [2.05, 4.69) is 103 Å². The molecule has 0 heteroatoms. The van der Waals surface area contributed by atoms with Crippen LogP contribution in [0.25, 0.3) is 11.6 Å². The zero-order chi connectivity index (χ0) is 22.9. The molecule has 1 aliphatic rings. The highest BCUT2D eigenvalue weighted by atomic mass is 14.3. The van der Waals surface area contributed by atoms with Crippen LogP contribution in [0.15, 0.2) is 71.9 Å². The monoisotopic (exact) mass is 406 g/mol. The number of rotatable bonds is 7. The molecule has 0 N–H and O–H groups in total. The molecule has 1 aromatic carbocycles. The Bertz CT molecular complexity index is 735. The minimum Gasteiger partial charge on any atom is -0.0908 e. The molecule has 0 bridgehead atoms. The molecule has 1 unspecified atom stereocenters. The summed E-state index contributed by atoms with van der Waals surface area (Å²) in [6, 6.07) is 8.57. The van der Waals surface area contributed by atoms with E-state index in [9.17, 15) is 0 Å². The third-order valence-electron chi connectivity index (χ3n) is 5.34.